The summed E-state index contributed by atoms with van der Waals surface area (Å²) < 4.78 is 0. The summed E-state index contributed by atoms with van der Waals surface area (Å²) in [6, 6.07) is 10.6. The highest BCUT2D eigenvalue weighted by Gasteiger charge is 1.95. The van der Waals surface area contributed by atoms with E-state index in [0.29, 0.717) is 0 Å². The molecule has 0 atom stereocenters. The van der Waals surface area contributed by atoms with Gasteiger partial charge in [-0.1, -0.05) is 76.3 Å². The number of hydrogen-bond donors (Lipinski definition) is 0. The predicted molar refractivity (Wildman–Crippen MR) is 72.4 cm³/mol. The molecule has 0 spiro atoms. The Bertz CT molecular complexity index is 248. The van der Waals surface area contributed by atoms with Crippen LogP contribution >= 0.6 is 0 Å². The summed E-state index contributed by atoms with van der Waals surface area (Å²) in [5, 5.41) is 0. The van der Waals surface area contributed by atoms with Crippen LogP contribution in [0.15, 0.2) is 30.3 Å². The third kappa shape index (κ3) is 6.66. The Kier molecular flexibility index (Phi) is 6.96. The summed E-state index contributed by atoms with van der Waals surface area (Å²) in [6.07, 6.45) is 10.5. The van der Waals surface area contributed by atoms with Gasteiger partial charge < -0.3 is 0 Å². The van der Waals surface area contributed by atoms with Crippen molar-refractivity contribution in [1.29, 1.82) is 0 Å². The molecule has 0 fully saturated rings. The Morgan fingerprint density at radius 1 is 0.938 bits per heavy atom. The van der Waals surface area contributed by atoms with Crippen LogP contribution in [0.2, 0.25) is 0 Å². The van der Waals surface area contributed by atoms with Crippen molar-refractivity contribution >= 4 is 0 Å². The van der Waals surface area contributed by atoms with Gasteiger partial charge in [0.25, 0.3) is 0 Å². The normalized spacial score (nSPS) is 10.9. The maximum atomic E-state index is 2.35. The molecule has 16 heavy (non-hydrogen) atoms. The van der Waals surface area contributed by atoms with Crippen molar-refractivity contribution in [2.75, 3.05) is 0 Å². The maximum Gasteiger partial charge on any atom is -0.00931 e. The molecular weight excluding hydrogens is 192 g/mol. The quantitative estimate of drug-likeness (QED) is 0.523. The van der Waals surface area contributed by atoms with Crippen LogP contribution in [0, 0.1) is 12.3 Å². The minimum atomic E-state index is 0.871. The van der Waals surface area contributed by atoms with Gasteiger partial charge in [-0.25, -0.2) is 0 Å². The van der Waals surface area contributed by atoms with Gasteiger partial charge >= 0.3 is 0 Å². The van der Waals surface area contributed by atoms with Gasteiger partial charge in [-0.2, -0.15) is 0 Å². The highest BCUT2D eigenvalue weighted by Crippen LogP contribution is 2.13. The Balaban J connectivity index is 1.93. The summed E-state index contributed by atoms with van der Waals surface area (Å²) in [5.41, 5.74) is 1.37. The predicted octanol–water partition coefficient (Wildman–Crippen LogP) is 5.24. The molecule has 0 N–H and O–H groups in total. The average Bonchev–Trinajstić information content (AvgIpc) is 2.29. The summed E-state index contributed by atoms with van der Waals surface area (Å²) >= 11 is 0. The van der Waals surface area contributed by atoms with E-state index in [2.05, 4.69) is 50.6 Å². The third-order valence-corrected chi connectivity index (χ3v) is 2.92. The number of hydrogen-bond acceptors (Lipinski definition) is 0. The van der Waals surface area contributed by atoms with Gasteiger partial charge in [-0.15, -0.1) is 0 Å². The SMILES string of the molecule is CC(C)CCCCCC[CH]c1ccccc1. The van der Waals surface area contributed by atoms with Crippen LogP contribution in [0.1, 0.15) is 57.9 Å². The molecule has 0 heteroatoms. The van der Waals surface area contributed by atoms with Gasteiger partial charge in [-0.05, 0) is 24.3 Å². The number of unbranched alkanes of at least 4 members (excludes halogenated alkanes) is 4. The second-order valence-electron chi connectivity index (χ2n) is 5.00. The second-order valence-corrected chi connectivity index (χ2v) is 5.00. The minimum Gasteiger partial charge on any atom is -0.0628 e. The van der Waals surface area contributed by atoms with Crippen molar-refractivity contribution in [3.05, 3.63) is 42.3 Å². The molecule has 1 aromatic rings. The Morgan fingerprint density at radius 2 is 1.62 bits per heavy atom. The van der Waals surface area contributed by atoms with Crippen molar-refractivity contribution in [2.24, 2.45) is 5.92 Å². The lowest BCUT2D eigenvalue weighted by atomic mass is 10.0. The van der Waals surface area contributed by atoms with Gasteiger partial charge in [0.05, 0.1) is 0 Å². The monoisotopic (exact) mass is 217 g/mol. The van der Waals surface area contributed by atoms with Crippen molar-refractivity contribution in [3.8, 4) is 0 Å². The van der Waals surface area contributed by atoms with Gasteiger partial charge in [0.15, 0.2) is 0 Å². The first-order chi connectivity index (χ1) is 7.79. The first-order valence-electron chi connectivity index (χ1n) is 6.67. The van der Waals surface area contributed by atoms with Crippen LogP contribution in [0.3, 0.4) is 0 Å². The van der Waals surface area contributed by atoms with Gasteiger partial charge in [0, 0.05) is 0 Å². The summed E-state index contributed by atoms with van der Waals surface area (Å²) in [6.45, 7) is 4.62. The van der Waals surface area contributed by atoms with E-state index in [9.17, 15) is 0 Å². The van der Waals surface area contributed by atoms with Gasteiger partial charge in [0.2, 0.25) is 0 Å². The average molecular weight is 217 g/mol. The van der Waals surface area contributed by atoms with E-state index in [-0.39, 0.29) is 0 Å². The fraction of sp³-hybridized carbons (Fsp3) is 0.562. The topological polar surface area (TPSA) is 0 Å². The Hall–Kier alpha value is -0.780. The largest absolute Gasteiger partial charge is 0.0628 e. The van der Waals surface area contributed by atoms with Gasteiger partial charge in [0.1, 0.15) is 0 Å². The zero-order valence-electron chi connectivity index (χ0n) is 10.8. The zero-order chi connectivity index (χ0) is 11.6. The molecule has 0 heterocycles. The van der Waals surface area contributed by atoms with Gasteiger partial charge in [-0.3, -0.25) is 0 Å². The molecule has 0 nitrogen and oxygen atoms in total. The molecule has 0 aliphatic carbocycles. The molecule has 0 aromatic heterocycles. The minimum absolute atomic E-state index is 0.871. The second kappa shape index (κ2) is 8.38. The van der Waals surface area contributed by atoms with E-state index >= 15 is 0 Å². The fourth-order valence-electron chi connectivity index (χ4n) is 1.91. The van der Waals surface area contributed by atoms with E-state index in [1.807, 2.05) is 0 Å². The van der Waals surface area contributed by atoms with Crippen molar-refractivity contribution in [1.82, 2.24) is 0 Å². The lowest BCUT2D eigenvalue weighted by Gasteiger charge is -2.04. The van der Waals surface area contributed by atoms with E-state index in [0.717, 1.165) is 5.92 Å². The summed E-state index contributed by atoms with van der Waals surface area (Å²) in [7, 11) is 0. The van der Waals surface area contributed by atoms with Crippen LogP contribution in [-0.2, 0) is 0 Å². The van der Waals surface area contributed by atoms with Crippen molar-refractivity contribution in [3.63, 3.8) is 0 Å². The van der Waals surface area contributed by atoms with Crippen molar-refractivity contribution in [2.45, 2.75) is 52.4 Å². The maximum absolute atomic E-state index is 2.35. The molecule has 0 unspecified atom stereocenters. The molecule has 1 radical (unpaired) electrons. The lowest BCUT2D eigenvalue weighted by Crippen LogP contribution is -1.87. The Morgan fingerprint density at radius 3 is 2.31 bits per heavy atom. The molecule has 89 valence electrons. The summed E-state index contributed by atoms with van der Waals surface area (Å²) in [4.78, 5) is 0. The molecule has 0 bridgehead atoms. The molecule has 0 saturated carbocycles. The Labute approximate surface area is 101 Å². The molecule has 0 amide bonds. The van der Waals surface area contributed by atoms with Crippen molar-refractivity contribution < 1.29 is 0 Å². The van der Waals surface area contributed by atoms with Crippen LogP contribution in [-0.4, -0.2) is 0 Å². The first kappa shape index (κ1) is 13.3. The highest BCUT2D eigenvalue weighted by atomic mass is 14.0. The fourth-order valence-corrected chi connectivity index (χ4v) is 1.91. The van der Waals surface area contributed by atoms with Crippen LogP contribution in [0.4, 0.5) is 0 Å². The van der Waals surface area contributed by atoms with E-state index < -0.39 is 0 Å². The van der Waals surface area contributed by atoms with Crippen LogP contribution < -0.4 is 0 Å². The number of benzene rings is 1. The molecule has 0 saturated heterocycles. The summed E-state index contributed by atoms with van der Waals surface area (Å²) in [5.74, 6) is 0.871. The van der Waals surface area contributed by atoms with Crippen LogP contribution in [0.5, 0.6) is 0 Å². The number of rotatable bonds is 8. The molecule has 1 rings (SSSR count). The zero-order valence-corrected chi connectivity index (χ0v) is 10.8. The molecule has 1 aromatic carbocycles. The van der Waals surface area contributed by atoms with Crippen LogP contribution in [0.25, 0.3) is 0 Å². The lowest BCUT2D eigenvalue weighted by molar-refractivity contribution is 0.520. The third-order valence-electron chi connectivity index (χ3n) is 2.92. The smallest absolute Gasteiger partial charge is 0.00931 e. The van der Waals surface area contributed by atoms with E-state index in [4.69, 9.17) is 0 Å². The standard InChI is InChI=1S/C16H25/c1-15(2)11-7-4-3-5-8-12-16-13-9-6-10-14-16/h6,9-10,12-15H,3-5,7-8,11H2,1-2H3. The molecular formula is C16H25. The molecule has 0 aliphatic heterocycles. The first-order valence-corrected chi connectivity index (χ1v) is 6.67. The molecule has 0 aliphatic rings. The van der Waals surface area contributed by atoms with E-state index in [1.54, 1.807) is 0 Å². The van der Waals surface area contributed by atoms with E-state index in [1.165, 1.54) is 44.1 Å². The highest BCUT2D eigenvalue weighted by molar-refractivity contribution is 5.21.